The normalized spacial score (nSPS) is 15.0. The highest BCUT2D eigenvalue weighted by Crippen LogP contribution is 2.29. The van der Waals surface area contributed by atoms with E-state index >= 15 is 0 Å². The van der Waals surface area contributed by atoms with E-state index < -0.39 is 0 Å². The van der Waals surface area contributed by atoms with Crippen molar-refractivity contribution in [2.75, 3.05) is 19.3 Å². The SMILES string of the molecule is CN(CC1CC1)C(=O)c1ccccc1N. The first kappa shape index (κ1) is 10.0. The van der Waals surface area contributed by atoms with Crippen LogP contribution in [0.3, 0.4) is 0 Å². The number of nitrogens with zero attached hydrogens (tertiary/aromatic N) is 1. The summed E-state index contributed by atoms with van der Waals surface area (Å²) in [6, 6.07) is 7.22. The van der Waals surface area contributed by atoms with Crippen LogP contribution in [0, 0.1) is 5.92 Å². The van der Waals surface area contributed by atoms with Crippen LogP contribution in [0.5, 0.6) is 0 Å². The fraction of sp³-hybridized carbons (Fsp3) is 0.417. The smallest absolute Gasteiger partial charge is 0.255 e. The third-order valence-electron chi connectivity index (χ3n) is 2.77. The largest absolute Gasteiger partial charge is 0.398 e. The number of carbonyl (C=O) groups is 1. The van der Waals surface area contributed by atoms with Crippen LogP contribution in [-0.2, 0) is 0 Å². The highest BCUT2D eigenvalue weighted by molar-refractivity contribution is 5.98. The summed E-state index contributed by atoms with van der Waals surface area (Å²) in [5, 5.41) is 0. The molecular weight excluding hydrogens is 188 g/mol. The maximum Gasteiger partial charge on any atom is 0.255 e. The lowest BCUT2D eigenvalue weighted by Gasteiger charge is -2.17. The number of hydrogen-bond acceptors (Lipinski definition) is 2. The van der Waals surface area contributed by atoms with Gasteiger partial charge in [0.05, 0.1) is 5.56 Å². The van der Waals surface area contributed by atoms with E-state index in [9.17, 15) is 4.79 Å². The maximum atomic E-state index is 12.0. The molecule has 2 N–H and O–H groups in total. The van der Waals surface area contributed by atoms with Gasteiger partial charge < -0.3 is 10.6 Å². The van der Waals surface area contributed by atoms with Crippen LogP contribution in [0.15, 0.2) is 24.3 Å². The van der Waals surface area contributed by atoms with Gasteiger partial charge in [0.2, 0.25) is 0 Å². The average Bonchev–Trinajstić information content (AvgIpc) is 3.01. The third-order valence-corrected chi connectivity index (χ3v) is 2.77. The van der Waals surface area contributed by atoms with Crippen LogP contribution in [0.2, 0.25) is 0 Å². The van der Waals surface area contributed by atoms with Crippen molar-refractivity contribution in [2.24, 2.45) is 5.92 Å². The summed E-state index contributed by atoms with van der Waals surface area (Å²) in [4.78, 5) is 13.7. The zero-order chi connectivity index (χ0) is 10.8. The number of hydrogen-bond donors (Lipinski definition) is 1. The minimum absolute atomic E-state index is 0.0278. The number of anilines is 1. The molecule has 0 aliphatic heterocycles. The van der Waals surface area contributed by atoms with Crippen molar-refractivity contribution in [3.63, 3.8) is 0 Å². The van der Waals surface area contributed by atoms with Crippen molar-refractivity contribution in [3.05, 3.63) is 29.8 Å². The van der Waals surface area contributed by atoms with Gasteiger partial charge in [0, 0.05) is 19.3 Å². The first-order valence-electron chi connectivity index (χ1n) is 5.28. The van der Waals surface area contributed by atoms with Gasteiger partial charge in [-0.05, 0) is 30.9 Å². The zero-order valence-electron chi connectivity index (χ0n) is 8.94. The highest BCUT2D eigenvalue weighted by Gasteiger charge is 2.25. The molecule has 15 heavy (non-hydrogen) atoms. The van der Waals surface area contributed by atoms with Crippen molar-refractivity contribution >= 4 is 11.6 Å². The topological polar surface area (TPSA) is 46.3 Å². The van der Waals surface area contributed by atoms with Gasteiger partial charge >= 0.3 is 0 Å². The van der Waals surface area contributed by atoms with Gasteiger partial charge in [0.25, 0.3) is 5.91 Å². The summed E-state index contributed by atoms with van der Waals surface area (Å²) >= 11 is 0. The van der Waals surface area contributed by atoms with Gasteiger partial charge in [-0.15, -0.1) is 0 Å². The molecule has 0 aromatic heterocycles. The molecule has 1 aromatic rings. The Balaban J connectivity index is 2.08. The summed E-state index contributed by atoms with van der Waals surface area (Å²) in [5.41, 5.74) is 6.93. The van der Waals surface area contributed by atoms with E-state index in [1.165, 1.54) is 12.8 Å². The monoisotopic (exact) mass is 204 g/mol. The van der Waals surface area contributed by atoms with Gasteiger partial charge in [-0.25, -0.2) is 0 Å². The first-order valence-corrected chi connectivity index (χ1v) is 5.28. The van der Waals surface area contributed by atoms with Crippen molar-refractivity contribution < 1.29 is 4.79 Å². The molecule has 0 bridgehead atoms. The molecule has 3 heteroatoms. The van der Waals surface area contributed by atoms with Crippen LogP contribution in [-0.4, -0.2) is 24.4 Å². The molecule has 0 unspecified atom stereocenters. The Labute approximate surface area is 89.9 Å². The predicted molar refractivity (Wildman–Crippen MR) is 60.5 cm³/mol. The van der Waals surface area contributed by atoms with Crippen molar-refractivity contribution in [1.29, 1.82) is 0 Å². The fourth-order valence-electron chi connectivity index (χ4n) is 1.67. The summed E-state index contributed by atoms with van der Waals surface area (Å²) in [7, 11) is 1.84. The highest BCUT2D eigenvalue weighted by atomic mass is 16.2. The molecule has 1 aliphatic rings. The zero-order valence-corrected chi connectivity index (χ0v) is 8.94. The lowest BCUT2D eigenvalue weighted by atomic mass is 10.1. The molecule has 0 heterocycles. The van der Waals surface area contributed by atoms with Gasteiger partial charge in [0.15, 0.2) is 0 Å². The van der Waals surface area contributed by atoms with Crippen LogP contribution < -0.4 is 5.73 Å². The summed E-state index contributed by atoms with van der Waals surface area (Å²) in [6.07, 6.45) is 2.50. The Morgan fingerprint density at radius 2 is 2.13 bits per heavy atom. The van der Waals surface area contributed by atoms with Crippen molar-refractivity contribution in [3.8, 4) is 0 Å². The van der Waals surface area contributed by atoms with E-state index in [1.54, 1.807) is 17.0 Å². The quantitative estimate of drug-likeness (QED) is 0.762. The minimum atomic E-state index is 0.0278. The summed E-state index contributed by atoms with van der Waals surface area (Å²) in [6.45, 7) is 0.854. The molecule has 0 spiro atoms. The van der Waals surface area contributed by atoms with E-state index in [0.29, 0.717) is 17.2 Å². The molecule has 0 atom stereocenters. The Hall–Kier alpha value is -1.51. The van der Waals surface area contributed by atoms with Crippen LogP contribution in [0.25, 0.3) is 0 Å². The molecule has 1 amide bonds. The number of benzene rings is 1. The number of para-hydroxylation sites is 1. The van der Waals surface area contributed by atoms with Crippen LogP contribution in [0.1, 0.15) is 23.2 Å². The molecular formula is C12H16N2O. The Morgan fingerprint density at radius 3 is 2.73 bits per heavy atom. The number of carbonyl (C=O) groups excluding carboxylic acids is 1. The van der Waals surface area contributed by atoms with Gasteiger partial charge in [-0.2, -0.15) is 0 Å². The molecule has 1 aliphatic carbocycles. The van der Waals surface area contributed by atoms with Crippen molar-refractivity contribution in [2.45, 2.75) is 12.8 Å². The van der Waals surface area contributed by atoms with E-state index in [2.05, 4.69) is 0 Å². The number of nitrogens with two attached hydrogens (primary N) is 1. The standard InChI is InChI=1S/C12H16N2O/c1-14(8-9-6-7-9)12(15)10-4-2-3-5-11(10)13/h2-5,9H,6-8,13H2,1H3. The molecule has 0 saturated heterocycles. The maximum absolute atomic E-state index is 12.0. The molecule has 1 fully saturated rings. The van der Waals surface area contributed by atoms with E-state index in [-0.39, 0.29) is 5.91 Å². The molecule has 80 valence electrons. The predicted octanol–water partition coefficient (Wildman–Crippen LogP) is 1.75. The van der Waals surface area contributed by atoms with Crippen molar-refractivity contribution in [1.82, 2.24) is 4.90 Å². The minimum Gasteiger partial charge on any atom is -0.398 e. The van der Waals surface area contributed by atoms with E-state index in [1.807, 2.05) is 19.2 Å². The molecule has 0 radical (unpaired) electrons. The van der Waals surface area contributed by atoms with Gasteiger partial charge in [0.1, 0.15) is 0 Å². The van der Waals surface area contributed by atoms with E-state index in [4.69, 9.17) is 5.73 Å². The number of nitrogen functional groups attached to an aromatic ring is 1. The van der Waals surface area contributed by atoms with Crippen LogP contribution >= 0.6 is 0 Å². The number of rotatable bonds is 3. The fourth-order valence-corrected chi connectivity index (χ4v) is 1.67. The average molecular weight is 204 g/mol. The van der Waals surface area contributed by atoms with E-state index in [0.717, 1.165) is 6.54 Å². The lowest BCUT2D eigenvalue weighted by Crippen LogP contribution is -2.29. The Kier molecular flexibility index (Phi) is 2.62. The summed E-state index contributed by atoms with van der Waals surface area (Å²) < 4.78 is 0. The summed E-state index contributed by atoms with van der Waals surface area (Å²) in [5.74, 6) is 0.740. The Morgan fingerprint density at radius 1 is 1.47 bits per heavy atom. The number of amides is 1. The van der Waals surface area contributed by atoms with Gasteiger partial charge in [-0.1, -0.05) is 12.1 Å². The lowest BCUT2D eigenvalue weighted by molar-refractivity contribution is 0.0790. The van der Waals surface area contributed by atoms with Crippen LogP contribution in [0.4, 0.5) is 5.69 Å². The molecule has 3 nitrogen and oxygen atoms in total. The second-order valence-corrected chi connectivity index (χ2v) is 4.22. The van der Waals surface area contributed by atoms with Gasteiger partial charge in [-0.3, -0.25) is 4.79 Å². The molecule has 1 saturated carbocycles. The second-order valence-electron chi connectivity index (χ2n) is 4.22. The molecule has 2 rings (SSSR count). The second kappa shape index (κ2) is 3.93. The Bertz CT molecular complexity index is 372. The molecule has 1 aromatic carbocycles. The third kappa shape index (κ3) is 2.29. The first-order chi connectivity index (χ1) is 7.18.